The van der Waals surface area contributed by atoms with Gasteiger partial charge in [-0.2, -0.15) is 0 Å². The highest BCUT2D eigenvalue weighted by molar-refractivity contribution is 5.94. The summed E-state index contributed by atoms with van der Waals surface area (Å²) in [6, 6.07) is 9.73. The van der Waals surface area contributed by atoms with Crippen LogP contribution in [0, 0.1) is 11.6 Å². The minimum absolute atomic E-state index is 0.0410. The highest BCUT2D eigenvalue weighted by Gasteiger charge is 2.15. The van der Waals surface area contributed by atoms with Gasteiger partial charge in [0.05, 0.1) is 6.42 Å². The summed E-state index contributed by atoms with van der Waals surface area (Å²) in [7, 11) is 0. The van der Waals surface area contributed by atoms with Crippen LogP contribution in [0.25, 0.3) is 0 Å². The Morgan fingerprint density at radius 2 is 1.90 bits per heavy atom. The first kappa shape index (κ1) is 15.0. The Morgan fingerprint density at radius 3 is 2.52 bits per heavy atom. The molecule has 0 spiro atoms. The molecule has 2 rings (SSSR count). The van der Waals surface area contributed by atoms with Gasteiger partial charge in [0.2, 0.25) is 5.91 Å². The number of carbonyl (C=O) groups is 1. The van der Waals surface area contributed by atoms with Gasteiger partial charge in [0, 0.05) is 18.3 Å². The summed E-state index contributed by atoms with van der Waals surface area (Å²) in [6.07, 6.45) is -0.0410. The van der Waals surface area contributed by atoms with Crippen molar-refractivity contribution in [3.8, 4) is 5.75 Å². The van der Waals surface area contributed by atoms with Gasteiger partial charge in [-0.05, 0) is 36.8 Å². The maximum Gasteiger partial charge on any atom is 0.231 e. The van der Waals surface area contributed by atoms with Crippen LogP contribution in [0.5, 0.6) is 5.75 Å². The zero-order valence-electron chi connectivity index (χ0n) is 11.5. The molecule has 0 aliphatic carbocycles. The molecule has 0 atom stereocenters. The Labute approximate surface area is 121 Å². The molecule has 0 heterocycles. The number of benzene rings is 2. The molecular weight excluding hydrogens is 276 g/mol. The van der Waals surface area contributed by atoms with Gasteiger partial charge in [0.25, 0.3) is 0 Å². The lowest BCUT2D eigenvalue weighted by Gasteiger charge is -2.21. The lowest BCUT2D eigenvalue weighted by atomic mass is 10.1. The van der Waals surface area contributed by atoms with E-state index in [-0.39, 0.29) is 18.1 Å². The third-order valence-corrected chi connectivity index (χ3v) is 3.10. The van der Waals surface area contributed by atoms with E-state index in [4.69, 9.17) is 0 Å². The summed E-state index contributed by atoms with van der Waals surface area (Å²) in [5.74, 6) is -2.10. The zero-order valence-corrected chi connectivity index (χ0v) is 11.5. The second-order valence-corrected chi connectivity index (χ2v) is 4.58. The number of hydrogen-bond donors (Lipinski definition) is 1. The maximum atomic E-state index is 13.2. The molecule has 1 N–H and O–H groups in total. The molecule has 0 saturated carbocycles. The van der Waals surface area contributed by atoms with Crippen molar-refractivity contribution in [3.05, 3.63) is 59.7 Å². The van der Waals surface area contributed by atoms with Gasteiger partial charge < -0.3 is 10.0 Å². The van der Waals surface area contributed by atoms with Crippen molar-refractivity contribution >= 4 is 11.6 Å². The molecule has 2 aromatic rings. The molecule has 0 saturated heterocycles. The number of nitrogens with zero attached hydrogens (tertiary/aromatic N) is 1. The van der Waals surface area contributed by atoms with Crippen molar-refractivity contribution < 1.29 is 18.7 Å². The van der Waals surface area contributed by atoms with Crippen LogP contribution >= 0.6 is 0 Å². The smallest absolute Gasteiger partial charge is 0.231 e. The summed E-state index contributed by atoms with van der Waals surface area (Å²) in [5, 5.41) is 9.47. The number of aromatic hydroxyl groups is 1. The van der Waals surface area contributed by atoms with Crippen molar-refractivity contribution in [1.29, 1.82) is 0 Å². The number of anilines is 1. The fourth-order valence-corrected chi connectivity index (χ4v) is 2.08. The Balaban J connectivity index is 2.18. The van der Waals surface area contributed by atoms with E-state index in [1.54, 1.807) is 19.1 Å². The standard InChI is InChI=1S/C16H15F2NO2/c1-2-19(12-4-3-5-13(20)10-12)16(21)9-11-6-7-14(17)15(18)8-11/h3-8,10,20H,2,9H2,1H3. The first-order valence-corrected chi connectivity index (χ1v) is 6.54. The molecule has 2 aromatic carbocycles. The predicted molar refractivity (Wildman–Crippen MR) is 76.2 cm³/mol. The Morgan fingerprint density at radius 1 is 1.14 bits per heavy atom. The van der Waals surface area contributed by atoms with E-state index in [0.29, 0.717) is 17.8 Å². The van der Waals surface area contributed by atoms with E-state index >= 15 is 0 Å². The highest BCUT2D eigenvalue weighted by atomic mass is 19.2. The number of phenolic OH excluding ortho intramolecular Hbond substituents is 1. The van der Waals surface area contributed by atoms with Gasteiger partial charge in [-0.25, -0.2) is 8.78 Å². The predicted octanol–water partition coefficient (Wildman–Crippen LogP) is 3.27. The minimum atomic E-state index is -0.972. The van der Waals surface area contributed by atoms with Gasteiger partial charge in [-0.3, -0.25) is 4.79 Å². The number of likely N-dealkylation sites (N-methyl/N-ethyl adjacent to an activating group) is 1. The second kappa shape index (κ2) is 6.35. The second-order valence-electron chi connectivity index (χ2n) is 4.58. The molecule has 0 aromatic heterocycles. The molecule has 0 bridgehead atoms. The highest BCUT2D eigenvalue weighted by Crippen LogP contribution is 2.21. The zero-order chi connectivity index (χ0) is 15.4. The molecule has 5 heteroatoms. The maximum absolute atomic E-state index is 13.2. The molecule has 0 fully saturated rings. The SMILES string of the molecule is CCN(C(=O)Cc1ccc(F)c(F)c1)c1cccc(O)c1. The third kappa shape index (κ3) is 3.56. The van der Waals surface area contributed by atoms with E-state index in [1.165, 1.54) is 23.1 Å². The molecule has 0 aliphatic rings. The van der Waals surface area contributed by atoms with Crippen LogP contribution in [-0.2, 0) is 11.2 Å². The largest absolute Gasteiger partial charge is 0.508 e. The number of amides is 1. The van der Waals surface area contributed by atoms with Crippen LogP contribution in [0.2, 0.25) is 0 Å². The monoisotopic (exact) mass is 291 g/mol. The van der Waals surface area contributed by atoms with Crippen LogP contribution < -0.4 is 4.90 Å². The quantitative estimate of drug-likeness (QED) is 0.939. The summed E-state index contributed by atoms with van der Waals surface area (Å²) >= 11 is 0. The number of halogens is 2. The van der Waals surface area contributed by atoms with Crippen LogP contribution in [-0.4, -0.2) is 17.6 Å². The molecule has 1 amide bonds. The molecule has 0 radical (unpaired) electrons. The molecular formula is C16H15F2NO2. The fraction of sp³-hybridized carbons (Fsp3) is 0.188. The Hall–Kier alpha value is -2.43. The molecule has 0 aliphatic heterocycles. The first-order chi connectivity index (χ1) is 10.0. The lowest BCUT2D eigenvalue weighted by molar-refractivity contribution is -0.117. The van der Waals surface area contributed by atoms with Gasteiger partial charge in [-0.15, -0.1) is 0 Å². The molecule has 21 heavy (non-hydrogen) atoms. The average Bonchev–Trinajstić information content (AvgIpc) is 2.44. The summed E-state index contributed by atoms with van der Waals surface area (Å²) in [4.78, 5) is 13.8. The van der Waals surface area contributed by atoms with Crippen LogP contribution in [0.15, 0.2) is 42.5 Å². The summed E-state index contributed by atoms with van der Waals surface area (Å²) in [5.41, 5.74) is 0.961. The number of phenols is 1. The van der Waals surface area contributed by atoms with E-state index in [0.717, 1.165) is 12.1 Å². The van der Waals surface area contributed by atoms with Crippen LogP contribution in [0.4, 0.5) is 14.5 Å². The minimum Gasteiger partial charge on any atom is -0.508 e. The summed E-state index contributed by atoms with van der Waals surface area (Å²) in [6.45, 7) is 2.21. The van der Waals surface area contributed by atoms with Crippen molar-refractivity contribution in [2.24, 2.45) is 0 Å². The van der Waals surface area contributed by atoms with Gasteiger partial charge in [0.15, 0.2) is 11.6 Å². The molecule has 110 valence electrons. The van der Waals surface area contributed by atoms with E-state index in [1.807, 2.05) is 0 Å². The third-order valence-electron chi connectivity index (χ3n) is 3.10. The van der Waals surface area contributed by atoms with Gasteiger partial charge in [0.1, 0.15) is 5.75 Å². The van der Waals surface area contributed by atoms with Gasteiger partial charge >= 0.3 is 0 Å². The number of carbonyl (C=O) groups excluding carboxylic acids is 1. The molecule has 3 nitrogen and oxygen atoms in total. The number of hydrogen-bond acceptors (Lipinski definition) is 2. The summed E-state index contributed by atoms with van der Waals surface area (Å²) < 4.78 is 26.0. The topological polar surface area (TPSA) is 40.5 Å². The van der Waals surface area contributed by atoms with Crippen molar-refractivity contribution in [3.63, 3.8) is 0 Å². The normalized spacial score (nSPS) is 10.4. The van der Waals surface area contributed by atoms with Crippen molar-refractivity contribution in [2.75, 3.05) is 11.4 Å². The molecule has 0 unspecified atom stereocenters. The van der Waals surface area contributed by atoms with Gasteiger partial charge in [-0.1, -0.05) is 12.1 Å². The van der Waals surface area contributed by atoms with E-state index in [2.05, 4.69) is 0 Å². The lowest BCUT2D eigenvalue weighted by Crippen LogP contribution is -2.31. The average molecular weight is 291 g/mol. The first-order valence-electron chi connectivity index (χ1n) is 6.54. The van der Waals surface area contributed by atoms with E-state index in [9.17, 15) is 18.7 Å². The van der Waals surface area contributed by atoms with Crippen molar-refractivity contribution in [1.82, 2.24) is 0 Å². The fourth-order valence-electron chi connectivity index (χ4n) is 2.08. The van der Waals surface area contributed by atoms with Crippen LogP contribution in [0.3, 0.4) is 0 Å². The van der Waals surface area contributed by atoms with Crippen LogP contribution in [0.1, 0.15) is 12.5 Å². The Kier molecular flexibility index (Phi) is 4.52. The Bertz CT molecular complexity index is 658. The number of rotatable bonds is 4. The van der Waals surface area contributed by atoms with Crippen molar-refractivity contribution in [2.45, 2.75) is 13.3 Å². The van der Waals surface area contributed by atoms with E-state index < -0.39 is 11.6 Å².